The molecule has 1 heterocycles. The average Bonchev–Trinajstić information content (AvgIpc) is 2.82. The molecule has 0 amide bonds. The van der Waals surface area contributed by atoms with Crippen LogP contribution in [0.1, 0.15) is 11.1 Å². The SMILES string of the molecule is Cc1cc(CN)ccc1-n1cnc2ccccc21. The van der Waals surface area contributed by atoms with E-state index >= 15 is 0 Å². The van der Waals surface area contributed by atoms with Gasteiger partial charge in [0.2, 0.25) is 0 Å². The lowest BCUT2D eigenvalue weighted by molar-refractivity contribution is 1.03. The van der Waals surface area contributed by atoms with Gasteiger partial charge in [-0.25, -0.2) is 4.98 Å². The summed E-state index contributed by atoms with van der Waals surface area (Å²) in [7, 11) is 0. The van der Waals surface area contributed by atoms with Crippen molar-refractivity contribution in [2.45, 2.75) is 13.5 Å². The molecule has 0 saturated carbocycles. The van der Waals surface area contributed by atoms with Gasteiger partial charge in [-0.15, -0.1) is 0 Å². The van der Waals surface area contributed by atoms with E-state index in [-0.39, 0.29) is 0 Å². The summed E-state index contributed by atoms with van der Waals surface area (Å²) in [6, 6.07) is 14.4. The van der Waals surface area contributed by atoms with E-state index in [0.29, 0.717) is 6.54 Å². The van der Waals surface area contributed by atoms with E-state index < -0.39 is 0 Å². The lowest BCUT2D eigenvalue weighted by Gasteiger charge is -2.09. The fourth-order valence-corrected chi connectivity index (χ4v) is 2.27. The molecule has 0 aliphatic carbocycles. The normalized spacial score (nSPS) is 11.0. The van der Waals surface area contributed by atoms with Gasteiger partial charge >= 0.3 is 0 Å². The molecule has 1 aromatic heterocycles. The maximum absolute atomic E-state index is 5.66. The van der Waals surface area contributed by atoms with Gasteiger partial charge in [-0.05, 0) is 36.2 Å². The standard InChI is InChI=1S/C15H15N3/c1-11-8-12(9-16)6-7-14(11)18-10-17-13-4-2-3-5-15(13)18/h2-8,10H,9,16H2,1H3. The third-order valence-corrected chi connectivity index (χ3v) is 3.21. The van der Waals surface area contributed by atoms with Crippen molar-refractivity contribution in [1.82, 2.24) is 9.55 Å². The number of rotatable bonds is 2. The van der Waals surface area contributed by atoms with Crippen molar-refractivity contribution in [3.63, 3.8) is 0 Å². The quantitative estimate of drug-likeness (QED) is 0.744. The number of para-hydroxylation sites is 2. The third-order valence-electron chi connectivity index (χ3n) is 3.21. The number of aryl methyl sites for hydroxylation is 1. The summed E-state index contributed by atoms with van der Waals surface area (Å²) in [4.78, 5) is 4.42. The first kappa shape index (κ1) is 11.0. The molecule has 0 aliphatic heterocycles. The number of nitrogens with zero attached hydrogens (tertiary/aromatic N) is 2. The Morgan fingerprint density at radius 1 is 1.17 bits per heavy atom. The molecule has 0 bridgehead atoms. The summed E-state index contributed by atoms with van der Waals surface area (Å²) in [6.45, 7) is 2.68. The molecule has 90 valence electrons. The first-order chi connectivity index (χ1) is 8.79. The first-order valence-electron chi connectivity index (χ1n) is 6.01. The van der Waals surface area contributed by atoms with Crippen LogP contribution in [0.5, 0.6) is 0 Å². The highest BCUT2D eigenvalue weighted by molar-refractivity contribution is 5.77. The molecule has 3 nitrogen and oxygen atoms in total. The summed E-state index contributed by atoms with van der Waals surface area (Å²) in [5, 5.41) is 0. The Morgan fingerprint density at radius 2 is 2.00 bits per heavy atom. The third kappa shape index (κ3) is 1.69. The second-order valence-electron chi connectivity index (χ2n) is 4.43. The zero-order chi connectivity index (χ0) is 12.5. The van der Waals surface area contributed by atoms with Crippen molar-refractivity contribution < 1.29 is 0 Å². The molecule has 0 spiro atoms. The first-order valence-corrected chi connectivity index (χ1v) is 6.01. The molecule has 0 saturated heterocycles. The van der Waals surface area contributed by atoms with E-state index in [4.69, 9.17) is 5.73 Å². The maximum atomic E-state index is 5.66. The molecule has 3 rings (SSSR count). The second-order valence-corrected chi connectivity index (χ2v) is 4.43. The van der Waals surface area contributed by atoms with Crippen LogP contribution in [0.4, 0.5) is 0 Å². The monoisotopic (exact) mass is 237 g/mol. The van der Waals surface area contributed by atoms with Gasteiger partial charge in [-0.3, -0.25) is 4.57 Å². The molecular formula is C15H15N3. The summed E-state index contributed by atoms with van der Waals surface area (Å²) >= 11 is 0. The van der Waals surface area contributed by atoms with Crippen molar-refractivity contribution in [2.75, 3.05) is 0 Å². The minimum Gasteiger partial charge on any atom is -0.326 e. The van der Waals surface area contributed by atoms with Gasteiger partial charge in [-0.2, -0.15) is 0 Å². The van der Waals surface area contributed by atoms with Crippen molar-refractivity contribution in [3.8, 4) is 5.69 Å². The summed E-state index contributed by atoms with van der Waals surface area (Å²) in [5.41, 5.74) is 11.3. The smallest absolute Gasteiger partial charge is 0.100 e. The molecule has 0 unspecified atom stereocenters. The summed E-state index contributed by atoms with van der Waals surface area (Å²) < 4.78 is 2.12. The number of hydrogen-bond acceptors (Lipinski definition) is 2. The largest absolute Gasteiger partial charge is 0.326 e. The zero-order valence-electron chi connectivity index (χ0n) is 10.3. The van der Waals surface area contributed by atoms with Crippen molar-refractivity contribution in [3.05, 3.63) is 59.9 Å². The molecule has 2 aromatic carbocycles. The van der Waals surface area contributed by atoms with Crippen molar-refractivity contribution in [2.24, 2.45) is 5.73 Å². The molecule has 0 fully saturated rings. The predicted octanol–water partition coefficient (Wildman–Crippen LogP) is 2.79. The maximum Gasteiger partial charge on any atom is 0.100 e. The Labute approximate surface area is 106 Å². The van der Waals surface area contributed by atoms with E-state index in [1.165, 1.54) is 5.56 Å². The van der Waals surface area contributed by atoms with Gasteiger partial charge in [-0.1, -0.05) is 24.3 Å². The summed E-state index contributed by atoms with van der Waals surface area (Å²) in [5.74, 6) is 0. The van der Waals surface area contributed by atoms with Gasteiger partial charge in [0.25, 0.3) is 0 Å². The van der Waals surface area contributed by atoms with Crippen LogP contribution in [0.25, 0.3) is 16.7 Å². The minimum absolute atomic E-state index is 0.575. The molecule has 3 aromatic rings. The molecular weight excluding hydrogens is 222 g/mol. The van der Waals surface area contributed by atoms with Crippen LogP contribution in [0.15, 0.2) is 48.8 Å². The highest BCUT2D eigenvalue weighted by atomic mass is 15.0. The average molecular weight is 237 g/mol. The second kappa shape index (κ2) is 4.27. The van der Waals surface area contributed by atoms with Gasteiger partial charge in [0.05, 0.1) is 16.7 Å². The van der Waals surface area contributed by atoms with Crippen LogP contribution >= 0.6 is 0 Å². The molecule has 3 heteroatoms. The number of aromatic nitrogens is 2. The Morgan fingerprint density at radius 3 is 2.78 bits per heavy atom. The Kier molecular flexibility index (Phi) is 2.61. The van der Waals surface area contributed by atoms with Gasteiger partial charge in [0.15, 0.2) is 0 Å². The molecule has 2 N–H and O–H groups in total. The highest BCUT2D eigenvalue weighted by Gasteiger charge is 2.06. The zero-order valence-corrected chi connectivity index (χ0v) is 10.3. The molecule has 0 atom stereocenters. The fraction of sp³-hybridized carbons (Fsp3) is 0.133. The lowest BCUT2D eigenvalue weighted by Crippen LogP contribution is -2.00. The number of imidazole rings is 1. The molecule has 0 radical (unpaired) electrons. The van der Waals surface area contributed by atoms with Gasteiger partial charge in [0.1, 0.15) is 6.33 Å². The van der Waals surface area contributed by atoms with Crippen LogP contribution in [0, 0.1) is 6.92 Å². The van der Waals surface area contributed by atoms with Crippen LogP contribution < -0.4 is 5.73 Å². The molecule has 18 heavy (non-hydrogen) atoms. The Balaban J connectivity index is 2.20. The summed E-state index contributed by atoms with van der Waals surface area (Å²) in [6.07, 6.45) is 1.87. The van der Waals surface area contributed by atoms with Crippen LogP contribution in [-0.2, 0) is 6.54 Å². The number of hydrogen-bond donors (Lipinski definition) is 1. The van der Waals surface area contributed by atoms with Crippen molar-refractivity contribution >= 4 is 11.0 Å². The Hall–Kier alpha value is -2.13. The minimum atomic E-state index is 0.575. The topological polar surface area (TPSA) is 43.8 Å². The molecule has 0 aliphatic rings. The number of nitrogens with two attached hydrogens (primary N) is 1. The number of fused-ring (bicyclic) bond motifs is 1. The van der Waals surface area contributed by atoms with E-state index in [2.05, 4.69) is 40.7 Å². The fourth-order valence-electron chi connectivity index (χ4n) is 2.27. The van der Waals surface area contributed by atoms with E-state index in [1.54, 1.807) is 0 Å². The van der Waals surface area contributed by atoms with Gasteiger partial charge < -0.3 is 5.73 Å². The van der Waals surface area contributed by atoms with E-state index in [9.17, 15) is 0 Å². The van der Waals surface area contributed by atoms with E-state index in [1.807, 2.05) is 24.5 Å². The van der Waals surface area contributed by atoms with Crippen molar-refractivity contribution in [1.29, 1.82) is 0 Å². The van der Waals surface area contributed by atoms with Crippen LogP contribution in [0.3, 0.4) is 0 Å². The van der Waals surface area contributed by atoms with Crippen LogP contribution in [-0.4, -0.2) is 9.55 Å². The predicted molar refractivity (Wildman–Crippen MR) is 73.7 cm³/mol. The Bertz CT molecular complexity index is 698. The van der Waals surface area contributed by atoms with E-state index in [0.717, 1.165) is 22.3 Å². The lowest BCUT2D eigenvalue weighted by atomic mass is 10.1. The van der Waals surface area contributed by atoms with Gasteiger partial charge in [0, 0.05) is 6.54 Å². The number of benzene rings is 2. The van der Waals surface area contributed by atoms with Crippen LogP contribution in [0.2, 0.25) is 0 Å². The highest BCUT2D eigenvalue weighted by Crippen LogP contribution is 2.21.